The van der Waals surface area contributed by atoms with Crippen LogP contribution in [0.15, 0.2) is 0 Å². The number of halogens is 6. The zero-order valence-corrected chi connectivity index (χ0v) is 20.1. The first kappa shape index (κ1) is 33.5. The summed E-state index contributed by atoms with van der Waals surface area (Å²) in [5, 5.41) is 0. The second kappa shape index (κ2) is 12.7. The van der Waals surface area contributed by atoms with Crippen LogP contribution >= 0.6 is 0 Å². The van der Waals surface area contributed by atoms with E-state index in [-0.39, 0.29) is 0 Å². The fourth-order valence-electron chi connectivity index (χ4n) is 2.83. The number of likely N-dealkylation sites (tertiary alicyclic amines) is 2. The van der Waals surface area contributed by atoms with Crippen molar-refractivity contribution >= 4 is 20.2 Å². The highest BCUT2D eigenvalue weighted by molar-refractivity contribution is 7.86. The Hall–Kier alpha value is -0.680. The topological polar surface area (TPSA) is 114 Å². The van der Waals surface area contributed by atoms with Crippen molar-refractivity contribution in [1.29, 1.82) is 0 Å². The van der Waals surface area contributed by atoms with Crippen molar-refractivity contribution in [1.82, 2.24) is 0 Å². The molecule has 32 heavy (non-hydrogen) atoms. The Morgan fingerprint density at radius 2 is 0.781 bits per heavy atom. The summed E-state index contributed by atoms with van der Waals surface area (Å²) in [6.45, 7) is 12.9. The van der Waals surface area contributed by atoms with Crippen LogP contribution in [-0.4, -0.2) is 99.3 Å². The monoisotopic (exact) mass is 526 g/mol. The zero-order chi connectivity index (χ0) is 26.1. The van der Waals surface area contributed by atoms with Crippen molar-refractivity contribution in [2.75, 3.05) is 53.4 Å². The number of rotatable bonds is 2. The van der Waals surface area contributed by atoms with Gasteiger partial charge in [0.05, 0.1) is 53.4 Å². The van der Waals surface area contributed by atoms with Crippen LogP contribution in [0.3, 0.4) is 0 Å². The first-order valence-corrected chi connectivity index (χ1v) is 12.6. The maximum absolute atomic E-state index is 10.7. The smallest absolute Gasteiger partial charge is 0.485 e. The number of hydrogen-bond donors (Lipinski definition) is 0. The molecule has 0 aromatic rings. The Balaban J connectivity index is 0. The van der Waals surface area contributed by atoms with E-state index in [1.807, 2.05) is 0 Å². The predicted molar refractivity (Wildman–Crippen MR) is 103 cm³/mol. The molecule has 2 heterocycles. The van der Waals surface area contributed by atoms with E-state index in [0.717, 1.165) is 0 Å². The van der Waals surface area contributed by atoms with Gasteiger partial charge in [0.15, 0.2) is 20.2 Å². The van der Waals surface area contributed by atoms with E-state index >= 15 is 0 Å². The number of quaternary nitrogens is 2. The van der Waals surface area contributed by atoms with E-state index in [4.69, 9.17) is 25.9 Å². The minimum absolute atomic E-state index is 1.32. The Kier molecular flexibility index (Phi) is 13.3. The van der Waals surface area contributed by atoms with Crippen molar-refractivity contribution in [3.05, 3.63) is 0 Å². The van der Waals surface area contributed by atoms with Crippen molar-refractivity contribution in [3.8, 4) is 0 Å². The van der Waals surface area contributed by atoms with Crippen molar-refractivity contribution in [3.63, 3.8) is 0 Å². The quantitative estimate of drug-likeness (QED) is 0.237. The van der Waals surface area contributed by atoms with Gasteiger partial charge in [-0.15, -0.1) is 0 Å². The second-order valence-corrected chi connectivity index (χ2v) is 10.7. The van der Waals surface area contributed by atoms with Gasteiger partial charge in [0.25, 0.3) is 0 Å². The molecule has 0 spiro atoms. The van der Waals surface area contributed by atoms with Crippen LogP contribution in [0.5, 0.6) is 0 Å². The van der Waals surface area contributed by atoms with Gasteiger partial charge >= 0.3 is 11.0 Å². The first-order chi connectivity index (χ1) is 14.0. The molecule has 2 aliphatic heterocycles. The molecule has 2 rings (SSSR count). The summed E-state index contributed by atoms with van der Waals surface area (Å²) in [6, 6.07) is 0. The summed E-state index contributed by atoms with van der Waals surface area (Å²) >= 11 is 0. The number of alkyl halides is 6. The van der Waals surface area contributed by atoms with E-state index in [9.17, 15) is 26.3 Å². The molecule has 0 radical (unpaired) electrons. The molecule has 8 nitrogen and oxygen atoms in total. The Morgan fingerprint density at radius 3 is 0.844 bits per heavy atom. The van der Waals surface area contributed by atoms with E-state index < -0.39 is 31.3 Å². The van der Waals surface area contributed by atoms with Gasteiger partial charge in [0, 0.05) is 25.7 Å². The molecular weight excluding hydrogens is 494 g/mol. The van der Waals surface area contributed by atoms with Gasteiger partial charge in [-0.25, -0.2) is 16.8 Å². The van der Waals surface area contributed by atoms with Crippen LogP contribution < -0.4 is 0 Å². The van der Waals surface area contributed by atoms with Crippen LogP contribution in [0.2, 0.25) is 0 Å². The minimum atomic E-state index is -6.09. The molecule has 0 aliphatic carbocycles. The molecule has 2 saturated heterocycles. The summed E-state index contributed by atoms with van der Waals surface area (Å²) in [6.07, 6.45) is 5.80. The van der Waals surface area contributed by atoms with Gasteiger partial charge in [-0.05, 0) is 13.8 Å². The van der Waals surface area contributed by atoms with Gasteiger partial charge in [-0.2, -0.15) is 26.3 Å². The van der Waals surface area contributed by atoms with Gasteiger partial charge in [-0.3, -0.25) is 0 Å². The lowest BCUT2D eigenvalue weighted by atomic mass is 10.4. The van der Waals surface area contributed by atoms with Crippen molar-refractivity contribution < 1.29 is 61.2 Å². The third kappa shape index (κ3) is 13.8. The lowest BCUT2D eigenvalue weighted by molar-refractivity contribution is -0.895. The molecule has 0 unspecified atom stereocenters. The van der Waals surface area contributed by atoms with Crippen LogP contribution in [0, 0.1) is 0 Å². The standard InChI is InChI=1S/2C7H16N.2CHF3O3S/c2*1-3-8(2)6-4-5-7-8;2*2-1(3,4)8(5,6)7/h2*3-7H2,1-2H3;2*(H,5,6,7)/q2*+1;;/p-2. The molecule has 2 aliphatic rings. The Bertz CT molecular complexity index is 678. The lowest BCUT2D eigenvalue weighted by Crippen LogP contribution is -2.40. The molecule has 16 heteroatoms. The van der Waals surface area contributed by atoms with Crippen molar-refractivity contribution in [2.24, 2.45) is 0 Å². The third-order valence-corrected chi connectivity index (χ3v) is 6.52. The molecule has 0 saturated carbocycles. The van der Waals surface area contributed by atoms with Crippen LogP contribution in [0.4, 0.5) is 26.3 Å². The van der Waals surface area contributed by atoms with E-state index in [1.165, 1.54) is 73.9 Å². The largest absolute Gasteiger partial charge is 0.741 e. The summed E-state index contributed by atoms with van der Waals surface area (Å²) in [4.78, 5) is 0. The summed E-state index contributed by atoms with van der Waals surface area (Å²) in [5.41, 5.74) is -11.3. The minimum Gasteiger partial charge on any atom is -0.741 e. The average Bonchev–Trinajstić information content (AvgIpc) is 3.23. The highest BCUT2D eigenvalue weighted by Gasteiger charge is 2.37. The van der Waals surface area contributed by atoms with Gasteiger partial charge in [-0.1, -0.05) is 0 Å². The molecule has 2 fully saturated rings. The molecule has 0 aromatic carbocycles. The fraction of sp³-hybridized carbons (Fsp3) is 1.00. The predicted octanol–water partition coefficient (Wildman–Crippen LogP) is 2.60. The molecule has 0 atom stereocenters. The molecule has 0 bridgehead atoms. The SMILES string of the molecule is CC[N+]1(C)CCCC1.CC[N+]1(C)CCCC1.O=S(=O)([O-])C(F)(F)F.O=S(=O)([O-])C(F)(F)F. The Morgan fingerprint density at radius 1 is 0.625 bits per heavy atom. The molecular formula is C16H32F6N2O6S2. The highest BCUT2D eigenvalue weighted by Crippen LogP contribution is 2.21. The highest BCUT2D eigenvalue weighted by atomic mass is 32.2. The van der Waals surface area contributed by atoms with E-state index in [1.54, 1.807) is 0 Å². The lowest BCUT2D eigenvalue weighted by Gasteiger charge is -2.26. The van der Waals surface area contributed by atoms with Crippen LogP contribution in [0.1, 0.15) is 39.5 Å². The van der Waals surface area contributed by atoms with E-state index in [0.29, 0.717) is 0 Å². The van der Waals surface area contributed by atoms with Crippen molar-refractivity contribution in [2.45, 2.75) is 50.5 Å². The maximum atomic E-state index is 10.7. The number of nitrogens with zero attached hydrogens (tertiary/aromatic N) is 2. The molecule has 0 aromatic heterocycles. The van der Waals surface area contributed by atoms with Gasteiger partial charge < -0.3 is 18.1 Å². The van der Waals surface area contributed by atoms with E-state index in [2.05, 4.69) is 27.9 Å². The average molecular weight is 527 g/mol. The first-order valence-electron chi connectivity index (χ1n) is 9.75. The normalized spacial score (nSPS) is 20.1. The van der Waals surface area contributed by atoms with Gasteiger partial charge in [0.2, 0.25) is 0 Å². The maximum Gasteiger partial charge on any atom is 0.485 e. The zero-order valence-electron chi connectivity index (χ0n) is 18.5. The molecule has 0 amide bonds. The fourth-order valence-corrected chi connectivity index (χ4v) is 2.83. The molecule has 0 N–H and O–H groups in total. The Labute approximate surface area is 185 Å². The summed E-state index contributed by atoms with van der Waals surface area (Å²) in [5.74, 6) is 0. The van der Waals surface area contributed by atoms with Crippen LogP contribution in [0.25, 0.3) is 0 Å². The second-order valence-electron chi connectivity index (χ2n) is 7.98. The molecule has 196 valence electrons. The van der Waals surface area contributed by atoms with Gasteiger partial charge in [0.1, 0.15) is 0 Å². The van der Waals surface area contributed by atoms with Crippen LogP contribution in [-0.2, 0) is 20.2 Å². The summed E-state index contributed by atoms with van der Waals surface area (Å²) in [7, 11) is -7.47. The third-order valence-electron chi connectivity index (χ3n) is 5.39. The summed E-state index contributed by atoms with van der Waals surface area (Å²) < 4.78 is 120. The number of hydrogen-bond acceptors (Lipinski definition) is 6.